The van der Waals surface area contributed by atoms with Gasteiger partial charge >= 0.3 is 0 Å². The van der Waals surface area contributed by atoms with Crippen LogP contribution in [0.3, 0.4) is 0 Å². The third-order valence-corrected chi connectivity index (χ3v) is 8.38. The molecule has 2 heterocycles. The maximum Gasteiger partial charge on any atom is 0.119 e. The second kappa shape index (κ2) is 10.9. The Morgan fingerprint density at radius 2 is 1.19 bits per heavy atom. The molecule has 3 aromatic rings. The number of benzene rings is 3. The summed E-state index contributed by atoms with van der Waals surface area (Å²) in [4.78, 5) is 0. The second-order valence-corrected chi connectivity index (χ2v) is 11.0. The summed E-state index contributed by atoms with van der Waals surface area (Å²) >= 11 is 0. The molecule has 0 spiro atoms. The predicted molar refractivity (Wildman–Crippen MR) is 146 cm³/mol. The Bertz CT molecular complexity index is 1140. The zero-order valence-corrected chi connectivity index (χ0v) is 21.9. The van der Waals surface area contributed by atoms with Crippen LogP contribution in [0.2, 0.25) is 0 Å². The van der Waals surface area contributed by atoms with E-state index in [2.05, 4.69) is 79.7 Å². The molecule has 2 aliphatic heterocycles. The third-order valence-electron chi connectivity index (χ3n) is 8.38. The standard InChI is InChI=1S/C33H38O4/c1-33(28-13-17-30(18-14-28)35-22-32-23-37-32,26-9-7-25(8-10-26)24-5-3-2-4-6-24)27-11-15-29(16-12-27)34-20-19-31-21-36-31/h7-18,24,31-32H,2-6,19-23H2,1H3. The summed E-state index contributed by atoms with van der Waals surface area (Å²) in [7, 11) is 0. The molecular formula is C33H38O4. The molecule has 3 aromatic carbocycles. The van der Waals surface area contributed by atoms with Crippen molar-refractivity contribution in [2.75, 3.05) is 26.4 Å². The summed E-state index contributed by atoms with van der Waals surface area (Å²) in [5.41, 5.74) is 4.97. The Balaban J connectivity index is 1.27. The number of hydrogen-bond acceptors (Lipinski definition) is 4. The molecule has 1 saturated carbocycles. The van der Waals surface area contributed by atoms with Crippen LogP contribution in [0.1, 0.15) is 73.6 Å². The molecule has 0 radical (unpaired) electrons. The van der Waals surface area contributed by atoms with E-state index in [1.807, 2.05) is 0 Å². The lowest BCUT2D eigenvalue weighted by Gasteiger charge is -2.33. The molecule has 0 N–H and O–H groups in total. The lowest BCUT2D eigenvalue weighted by molar-refractivity contribution is 0.263. The first-order valence-electron chi connectivity index (χ1n) is 14.0. The van der Waals surface area contributed by atoms with E-state index in [4.69, 9.17) is 18.9 Å². The predicted octanol–water partition coefficient (Wildman–Crippen LogP) is 7.03. The maximum absolute atomic E-state index is 5.98. The molecule has 3 atom stereocenters. The highest BCUT2D eigenvalue weighted by Gasteiger charge is 2.32. The number of hydrogen-bond donors (Lipinski definition) is 0. The Labute approximate surface area is 220 Å². The monoisotopic (exact) mass is 498 g/mol. The van der Waals surface area contributed by atoms with Gasteiger partial charge in [-0.1, -0.05) is 67.8 Å². The maximum atomic E-state index is 5.98. The number of ether oxygens (including phenoxy) is 4. The van der Waals surface area contributed by atoms with Crippen LogP contribution in [0.4, 0.5) is 0 Å². The minimum absolute atomic E-state index is 0.255. The molecule has 3 aliphatic rings. The number of rotatable bonds is 11. The van der Waals surface area contributed by atoms with Gasteiger partial charge in [-0.2, -0.15) is 0 Å². The molecule has 0 bridgehead atoms. The van der Waals surface area contributed by atoms with Crippen LogP contribution < -0.4 is 9.47 Å². The molecular weight excluding hydrogens is 460 g/mol. The average Bonchev–Trinajstić information content (AvgIpc) is 3.89. The van der Waals surface area contributed by atoms with Gasteiger partial charge in [-0.05, 0) is 72.2 Å². The first kappa shape index (κ1) is 24.5. The Morgan fingerprint density at radius 3 is 1.73 bits per heavy atom. The lowest BCUT2D eigenvalue weighted by Crippen LogP contribution is -2.25. The van der Waals surface area contributed by atoms with Gasteiger partial charge in [0.2, 0.25) is 0 Å². The molecule has 4 heteroatoms. The smallest absolute Gasteiger partial charge is 0.119 e. The van der Waals surface area contributed by atoms with Crippen LogP contribution in [0, 0.1) is 0 Å². The molecule has 1 aliphatic carbocycles. The number of epoxide rings is 2. The molecule has 4 nitrogen and oxygen atoms in total. The third kappa shape index (κ3) is 5.86. The fraction of sp³-hybridized carbons (Fsp3) is 0.455. The van der Waals surface area contributed by atoms with Crippen molar-refractivity contribution >= 4 is 0 Å². The fourth-order valence-corrected chi connectivity index (χ4v) is 5.69. The highest BCUT2D eigenvalue weighted by Crippen LogP contribution is 2.41. The topological polar surface area (TPSA) is 43.5 Å². The van der Waals surface area contributed by atoms with Gasteiger partial charge in [-0.15, -0.1) is 0 Å². The van der Waals surface area contributed by atoms with Crippen LogP contribution in [-0.2, 0) is 14.9 Å². The van der Waals surface area contributed by atoms with E-state index in [1.165, 1.54) is 54.4 Å². The van der Waals surface area contributed by atoms with E-state index in [1.54, 1.807) is 0 Å². The van der Waals surface area contributed by atoms with Gasteiger partial charge in [-0.25, -0.2) is 0 Å². The van der Waals surface area contributed by atoms with E-state index in [-0.39, 0.29) is 11.5 Å². The SMILES string of the molecule is CC(c1ccc(OCCC2CO2)cc1)(c1ccc(OCC2CO2)cc1)c1ccc(C2CCCCC2)cc1. The van der Waals surface area contributed by atoms with E-state index >= 15 is 0 Å². The Morgan fingerprint density at radius 1 is 0.676 bits per heavy atom. The molecule has 2 saturated heterocycles. The van der Waals surface area contributed by atoms with Crippen LogP contribution in [0.25, 0.3) is 0 Å². The lowest BCUT2D eigenvalue weighted by atomic mass is 9.70. The quantitative estimate of drug-likeness (QED) is 0.210. The van der Waals surface area contributed by atoms with Crippen molar-refractivity contribution in [2.45, 2.75) is 69.0 Å². The summed E-state index contributed by atoms with van der Waals surface area (Å²) in [5.74, 6) is 2.50. The van der Waals surface area contributed by atoms with Crippen LogP contribution in [0.15, 0.2) is 72.8 Å². The fourth-order valence-electron chi connectivity index (χ4n) is 5.69. The summed E-state index contributed by atoms with van der Waals surface area (Å²) < 4.78 is 22.5. The van der Waals surface area contributed by atoms with Crippen molar-refractivity contribution in [1.82, 2.24) is 0 Å². The van der Waals surface area contributed by atoms with Gasteiger partial charge in [0, 0.05) is 11.8 Å². The largest absolute Gasteiger partial charge is 0.493 e. The normalized spacial score (nSPS) is 22.7. The molecule has 194 valence electrons. The van der Waals surface area contributed by atoms with Gasteiger partial charge in [-0.3, -0.25) is 0 Å². The Hall–Kier alpha value is -2.82. The van der Waals surface area contributed by atoms with Crippen LogP contribution >= 0.6 is 0 Å². The van der Waals surface area contributed by atoms with E-state index in [0.29, 0.717) is 25.2 Å². The average molecular weight is 499 g/mol. The summed E-state index contributed by atoms with van der Waals surface area (Å²) in [6, 6.07) is 26.7. The van der Waals surface area contributed by atoms with Gasteiger partial charge < -0.3 is 18.9 Å². The summed E-state index contributed by atoms with van der Waals surface area (Å²) in [5, 5.41) is 0. The first-order valence-corrected chi connectivity index (χ1v) is 14.0. The molecule has 6 rings (SSSR count). The zero-order valence-electron chi connectivity index (χ0n) is 21.9. The van der Waals surface area contributed by atoms with Gasteiger partial charge in [0.1, 0.15) is 24.2 Å². The van der Waals surface area contributed by atoms with E-state index in [9.17, 15) is 0 Å². The van der Waals surface area contributed by atoms with Gasteiger partial charge in [0.15, 0.2) is 0 Å². The molecule has 37 heavy (non-hydrogen) atoms. The van der Waals surface area contributed by atoms with Crippen molar-refractivity contribution in [3.63, 3.8) is 0 Å². The van der Waals surface area contributed by atoms with Crippen molar-refractivity contribution in [1.29, 1.82) is 0 Å². The van der Waals surface area contributed by atoms with E-state index in [0.717, 1.165) is 31.1 Å². The summed E-state index contributed by atoms with van der Waals surface area (Å²) in [6.45, 7) is 5.32. The van der Waals surface area contributed by atoms with Crippen molar-refractivity contribution < 1.29 is 18.9 Å². The Kier molecular flexibility index (Phi) is 7.21. The zero-order chi connectivity index (χ0) is 25.1. The van der Waals surface area contributed by atoms with Crippen molar-refractivity contribution in [2.24, 2.45) is 0 Å². The minimum Gasteiger partial charge on any atom is -0.493 e. The van der Waals surface area contributed by atoms with Gasteiger partial charge in [0.25, 0.3) is 0 Å². The van der Waals surface area contributed by atoms with Crippen molar-refractivity contribution in [3.8, 4) is 11.5 Å². The highest BCUT2D eigenvalue weighted by atomic mass is 16.6. The molecule has 3 fully saturated rings. The van der Waals surface area contributed by atoms with Crippen molar-refractivity contribution in [3.05, 3.63) is 95.1 Å². The highest BCUT2D eigenvalue weighted by molar-refractivity contribution is 5.52. The second-order valence-electron chi connectivity index (χ2n) is 11.0. The first-order chi connectivity index (χ1) is 18.2. The molecule has 0 aromatic heterocycles. The summed E-state index contributed by atoms with van der Waals surface area (Å²) in [6.07, 6.45) is 8.33. The minimum atomic E-state index is -0.302. The van der Waals surface area contributed by atoms with Gasteiger partial charge in [0.05, 0.1) is 25.9 Å². The van der Waals surface area contributed by atoms with Crippen LogP contribution in [-0.4, -0.2) is 38.6 Å². The van der Waals surface area contributed by atoms with E-state index < -0.39 is 0 Å². The molecule has 0 amide bonds. The molecule has 3 unspecified atom stereocenters. The van der Waals surface area contributed by atoms with Crippen LogP contribution in [0.5, 0.6) is 11.5 Å².